The molecule has 1 saturated carbocycles. The first-order valence-electron chi connectivity index (χ1n) is 5.81. The average Bonchev–Trinajstić information content (AvgIpc) is 2.21. The summed E-state index contributed by atoms with van der Waals surface area (Å²) < 4.78 is 0. The Morgan fingerprint density at radius 3 is 2.59 bits per heavy atom. The molecule has 0 bridgehead atoms. The quantitative estimate of drug-likeness (QED) is 0.672. The molecule has 0 saturated heterocycles. The zero-order valence-corrected chi connectivity index (χ0v) is 11.0. The fourth-order valence-corrected chi connectivity index (χ4v) is 2.37. The monoisotopic (exact) mass is 260 g/mol. The smallest absolute Gasteiger partial charge is 0.326 e. The molecule has 1 fully saturated rings. The predicted molar refractivity (Wildman–Crippen MR) is 68.3 cm³/mol. The first kappa shape index (κ1) is 14.2. The Balaban J connectivity index is 2.28. The van der Waals surface area contributed by atoms with E-state index < -0.39 is 12.0 Å². The summed E-state index contributed by atoms with van der Waals surface area (Å²) in [6.07, 6.45) is 4.33. The van der Waals surface area contributed by atoms with Crippen molar-refractivity contribution in [2.75, 3.05) is 12.0 Å². The van der Waals surface area contributed by atoms with E-state index >= 15 is 0 Å². The van der Waals surface area contributed by atoms with Crippen molar-refractivity contribution in [2.24, 2.45) is 5.92 Å². The van der Waals surface area contributed by atoms with Gasteiger partial charge in [0.15, 0.2) is 0 Å². The van der Waals surface area contributed by atoms with Crippen molar-refractivity contribution in [3.05, 3.63) is 0 Å². The summed E-state index contributed by atoms with van der Waals surface area (Å²) in [6, 6.07) is -0.949. The van der Waals surface area contributed by atoms with Gasteiger partial charge in [0.2, 0.25) is 0 Å². The Labute approximate surface area is 106 Å². The van der Waals surface area contributed by atoms with Gasteiger partial charge in [0, 0.05) is 6.04 Å². The number of urea groups is 1. The number of amides is 2. The van der Waals surface area contributed by atoms with Crippen LogP contribution in [0.1, 0.15) is 26.2 Å². The minimum Gasteiger partial charge on any atom is -0.480 e. The summed E-state index contributed by atoms with van der Waals surface area (Å²) >= 11 is 1.57. The van der Waals surface area contributed by atoms with Crippen LogP contribution >= 0.6 is 11.8 Å². The maximum absolute atomic E-state index is 11.5. The fourth-order valence-electron chi connectivity index (χ4n) is 1.90. The third-order valence-electron chi connectivity index (χ3n) is 2.92. The van der Waals surface area contributed by atoms with Crippen LogP contribution in [-0.2, 0) is 4.79 Å². The van der Waals surface area contributed by atoms with Crippen molar-refractivity contribution in [1.29, 1.82) is 0 Å². The van der Waals surface area contributed by atoms with Gasteiger partial charge in [0.1, 0.15) is 6.04 Å². The maximum Gasteiger partial charge on any atom is 0.326 e. The van der Waals surface area contributed by atoms with Crippen LogP contribution in [0, 0.1) is 5.92 Å². The summed E-state index contributed by atoms with van der Waals surface area (Å²) in [5.74, 6) is 0.404. The minimum atomic E-state index is -0.976. The van der Waals surface area contributed by atoms with Crippen LogP contribution in [0.3, 0.4) is 0 Å². The lowest BCUT2D eigenvalue weighted by Crippen LogP contribution is -2.52. The topological polar surface area (TPSA) is 78.4 Å². The fraction of sp³-hybridized carbons (Fsp3) is 0.818. The number of carboxylic acid groups (broad SMARTS) is 1. The number of thioether (sulfide) groups is 1. The Morgan fingerprint density at radius 2 is 2.12 bits per heavy atom. The predicted octanol–water partition coefficient (Wildman–Crippen LogP) is 1.29. The Kier molecular flexibility index (Phi) is 5.61. The number of hydrogen-bond donors (Lipinski definition) is 3. The van der Waals surface area contributed by atoms with Crippen molar-refractivity contribution >= 4 is 23.8 Å². The molecule has 17 heavy (non-hydrogen) atoms. The third-order valence-corrected chi connectivity index (χ3v) is 3.57. The van der Waals surface area contributed by atoms with E-state index in [2.05, 4.69) is 17.6 Å². The van der Waals surface area contributed by atoms with Gasteiger partial charge in [-0.25, -0.2) is 9.59 Å². The molecule has 0 aromatic rings. The van der Waals surface area contributed by atoms with E-state index in [0.717, 1.165) is 18.6 Å². The number of nitrogens with one attached hydrogen (secondary N) is 2. The average molecular weight is 260 g/mol. The molecular formula is C11H20N2O3S. The lowest BCUT2D eigenvalue weighted by molar-refractivity contribution is -0.139. The van der Waals surface area contributed by atoms with Gasteiger partial charge in [-0.1, -0.05) is 6.92 Å². The highest BCUT2D eigenvalue weighted by molar-refractivity contribution is 7.98. The van der Waals surface area contributed by atoms with Gasteiger partial charge in [-0.05, 0) is 37.2 Å². The van der Waals surface area contributed by atoms with Gasteiger partial charge < -0.3 is 15.7 Å². The van der Waals surface area contributed by atoms with E-state index in [1.807, 2.05) is 6.26 Å². The minimum absolute atomic E-state index is 0.208. The van der Waals surface area contributed by atoms with Crippen LogP contribution in [0.4, 0.5) is 4.79 Å². The molecule has 0 heterocycles. The van der Waals surface area contributed by atoms with E-state index in [9.17, 15) is 9.59 Å². The SMILES string of the molecule is CSCC[C@H](NC(=O)NC1CC(C)C1)C(=O)O. The number of carboxylic acids is 1. The number of aliphatic carboxylic acids is 1. The molecule has 0 radical (unpaired) electrons. The molecule has 0 spiro atoms. The van der Waals surface area contributed by atoms with Gasteiger partial charge in [0.05, 0.1) is 0 Å². The van der Waals surface area contributed by atoms with E-state index in [-0.39, 0.29) is 12.1 Å². The molecule has 0 aliphatic heterocycles. The molecule has 0 unspecified atom stereocenters. The summed E-state index contributed by atoms with van der Waals surface area (Å²) in [5, 5.41) is 14.2. The van der Waals surface area contributed by atoms with Gasteiger partial charge in [-0.2, -0.15) is 11.8 Å². The zero-order valence-electron chi connectivity index (χ0n) is 10.2. The van der Waals surface area contributed by atoms with Crippen molar-refractivity contribution in [3.8, 4) is 0 Å². The zero-order chi connectivity index (χ0) is 12.8. The molecule has 1 rings (SSSR count). The standard InChI is InChI=1S/C11H20N2O3S/c1-7-5-8(6-7)12-11(16)13-9(10(14)15)3-4-17-2/h7-9H,3-6H2,1-2H3,(H,14,15)(H2,12,13,16)/t7?,8?,9-/m0/s1. The maximum atomic E-state index is 11.5. The molecule has 3 N–H and O–H groups in total. The molecule has 6 heteroatoms. The lowest BCUT2D eigenvalue weighted by Gasteiger charge is -2.33. The largest absolute Gasteiger partial charge is 0.480 e. The van der Waals surface area contributed by atoms with E-state index in [4.69, 9.17) is 5.11 Å². The van der Waals surface area contributed by atoms with Crippen LogP contribution < -0.4 is 10.6 Å². The molecular weight excluding hydrogens is 240 g/mol. The van der Waals surface area contributed by atoms with Crippen LogP contribution in [0.5, 0.6) is 0 Å². The summed E-state index contributed by atoms with van der Waals surface area (Å²) in [6.45, 7) is 2.13. The number of rotatable bonds is 6. The first-order valence-corrected chi connectivity index (χ1v) is 7.21. The van der Waals surface area contributed by atoms with Crippen LogP contribution in [-0.4, -0.2) is 41.2 Å². The van der Waals surface area contributed by atoms with Crippen LogP contribution in [0.15, 0.2) is 0 Å². The lowest BCUT2D eigenvalue weighted by atomic mass is 9.82. The van der Waals surface area contributed by atoms with Crippen molar-refractivity contribution in [2.45, 2.75) is 38.3 Å². The van der Waals surface area contributed by atoms with E-state index in [0.29, 0.717) is 12.3 Å². The molecule has 1 aliphatic carbocycles. The second-order valence-corrected chi connectivity index (χ2v) is 5.55. The van der Waals surface area contributed by atoms with Gasteiger partial charge in [-0.3, -0.25) is 0 Å². The highest BCUT2D eigenvalue weighted by Crippen LogP contribution is 2.25. The number of hydrogen-bond acceptors (Lipinski definition) is 3. The summed E-state index contributed by atoms with van der Waals surface area (Å²) in [5.41, 5.74) is 0. The van der Waals surface area contributed by atoms with Crippen LogP contribution in [0.25, 0.3) is 0 Å². The van der Waals surface area contributed by atoms with Crippen molar-refractivity contribution in [1.82, 2.24) is 10.6 Å². The molecule has 0 aromatic carbocycles. The summed E-state index contributed by atoms with van der Waals surface area (Å²) in [4.78, 5) is 22.4. The second kappa shape index (κ2) is 6.74. The van der Waals surface area contributed by atoms with Gasteiger partial charge in [0.25, 0.3) is 0 Å². The van der Waals surface area contributed by atoms with Gasteiger partial charge >= 0.3 is 12.0 Å². The highest BCUT2D eigenvalue weighted by Gasteiger charge is 2.28. The Bertz CT molecular complexity index is 280. The van der Waals surface area contributed by atoms with Crippen molar-refractivity contribution in [3.63, 3.8) is 0 Å². The molecule has 98 valence electrons. The molecule has 5 nitrogen and oxygen atoms in total. The summed E-state index contributed by atoms with van der Waals surface area (Å²) in [7, 11) is 0. The highest BCUT2D eigenvalue weighted by atomic mass is 32.2. The second-order valence-electron chi connectivity index (χ2n) is 4.56. The van der Waals surface area contributed by atoms with Crippen molar-refractivity contribution < 1.29 is 14.7 Å². The molecule has 2 amide bonds. The molecule has 1 aliphatic rings. The molecule has 1 atom stereocenters. The normalized spacial score (nSPS) is 24.6. The Morgan fingerprint density at radius 1 is 1.47 bits per heavy atom. The van der Waals surface area contributed by atoms with Gasteiger partial charge in [-0.15, -0.1) is 0 Å². The number of carbonyl (C=O) groups excluding carboxylic acids is 1. The van der Waals surface area contributed by atoms with E-state index in [1.165, 1.54) is 0 Å². The third kappa shape index (κ3) is 4.85. The number of carbonyl (C=O) groups is 2. The molecule has 0 aromatic heterocycles. The Hall–Kier alpha value is -0.910. The van der Waals surface area contributed by atoms with E-state index in [1.54, 1.807) is 11.8 Å². The van der Waals surface area contributed by atoms with Crippen LogP contribution in [0.2, 0.25) is 0 Å². The first-order chi connectivity index (χ1) is 8.02.